The second-order valence-corrected chi connectivity index (χ2v) is 3.56. The number of hydrogen-bond donors (Lipinski definition) is 1. The van der Waals surface area contributed by atoms with Crippen molar-refractivity contribution in [2.75, 3.05) is 25.6 Å². The molecule has 15 heavy (non-hydrogen) atoms. The number of anilines is 1. The molecule has 1 heterocycles. The average Bonchev–Trinajstić information content (AvgIpc) is 2.24. The lowest BCUT2D eigenvalue weighted by molar-refractivity contribution is -0.161. The van der Waals surface area contributed by atoms with E-state index >= 15 is 0 Å². The second-order valence-electron chi connectivity index (χ2n) is 3.56. The molecule has 0 atom stereocenters. The molecule has 80 valence electrons. The minimum Gasteiger partial charge on any atom is -0.467 e. The number of esters is 1. The predicted molar refractivity (Wildman–Crippen MR) is 55.6 cm³/mol. The molecule has 0 saturated carbocycles. The van der Waals surface area contributed by atoms with Crippen molar-refractivity contribution >= 4 is 11.7 Å². The van der Waals surface area contributed by atoms with Crippen molar-refractivity contribution in [1.29, 1.82) is 0 Å². The highest BCUT2D eigenvalue weighted by Gasteiger charge is 2.47. The molecular formula is C11H13NO3. The lowest BCUT2D eigenvalue weighted by atomic mass is 9.97. The van der Waals surface area contributed by atoms with Gasteiger partial charge in [0, 0.05) is 5.69 Å². The van der Waals surface area contributed by atoms with Crippen LogP contribution in [0.5, 0.6) is 0 Å². The van der Waals surface area contributed by atoms with Gasteiger partial charge in [-0.3, -0.25) is 0 Å². The van der Waals surface area contributed by atoms with E-state index < -0.39 is 5.54 Å². The van der Waals surface area contributed by atoms with E-state index in [9.17, 15) is 4.79 Å². The van der Waals surface area contributed by atoms with Crippen molar-refractivity contribution in [1.82, 2.24) is 0 Å². The molecule has 1 aromatic rings. The summed E-state index contributed by atoms with van der Waals surface area (Å²) in [5.74, 6) is -0.280. The highest BCUT2D eigenvalue weighted by molar-refractivity contribution is 5.86. The Balaban J connectivity index is 2.12. The van der Waals surface area contributed by atoms with Crippen LogP contribution in [0.1, 0.15) is 0 Å². The zero-order valence-corrected chi connectivity index (χ0v) is 8.53. The van der Waals surface area contributed by atoms with Crippen LogP contribution in [0.3, 0.4) is 0 Å². The minimum atomic E-state index is -0.698. The van der Waals surface area contributed by atoms with E-state index in [1.54, 1.807) is 0 Å². The van der Waals surface area contributed by atoms with Gasteiger partial charge in [0.2, 0.25) is 0 Å². The summed E-state index contributed by atoms with van der Waals surface area (Å²) in [5, 5.41) is 3.14. The summed E-state index contributed by atoms with van der Waals surface area (Å²) < 4.78 is 9.82. The van der Waals surface area contributed by atoms with E-state index in [2.05, 4.69) is 5.32 Å². The molecule has 0 spiro atoms. The van der Waals surface area contributed by atoms with Crippen molar-refractivity contribution in [3.63, 3.8) is 0 Å². The Bertz CT molecular complexity index is 346. The summed E-state index contributed by atoms with van der Waals surface area (Å²) in [6.07, 6.45) is 0. The molecule has 0 aliphatic carbocycles. The summed E-state index contributed by atoms with van der Waals surface area (Å²) in [6, 6.07) is 9.55. The first-order chi connectivity index (χ1) is 7.27. The molecule has 1 N–H and O–H groups in total. The molecule has 4 heteroatoms. The topological polar surface area (TPSA) is 47.6 Å². The molecule has 1 aliphatic rings. The van der Waals surface area contributed by atoms with Crippen LogP contribution < -0.4 is 5.32 Å². The molecule has 0 bridgehead atoms. The summed E-state index contributed by atoms with van der Waals surface area (Å²) in [7, 11) is 1.38. The van der Waals surface area contributed by atoms with Crippen LogP contribution in [-0.4, -0.2) is 31.8 Å². The Morgan fingerprint density at radius 1 is 1.40 bits per heavy atom. The summed E-state index contributed by atoms with van der Waals surface area (Å²) in [6.45, 7) is 0.711. The molecule has 1 aliphatic heterocycles. The molecule has 0 unspecified atom stereocenters. The van der Waals surface area contributed by atoms with Crippen molar-refractivity contribution in [2.45, 2.75) is 5.54 Å². The fourth-order valence-electron chi connectivity index (χ4n) is 1.54. The molecule has 4 nitrogen and oxygen atoms in total. The van der Waals surface area contributed by atoms with Gasteiger partial charge in [-0.25, -0.2) is 4.79 Å². The van der Waals surface area contributed by atoms with Gasteiger partial charge >= 0.3 is 5.97 Å². The van der Waals surface area contributed by atoms with Gasteiger partial charge in [0.15, 0.2) is 5.54 Å². The van der Waals surface area contributed by atoms with Gasteiger partial charge in [0.05, 0.1) is 20.3 Å². The van der Waals surface area contributed by atoms with Crippen LogP contribution in [0.2, 0.25) is 0 Å². The van der Waals surface area contributed by atoms with E-state index in [0.29, 0.717) is 13.2 Å². The third-order valence-electron chi connectivity index (χ3n) is 2.43. The number of methoxy groups -OCH3 is 1. The Hall–Kier alpha value is -1.55. The van der Waals surface area contributed by atoms with Gasteiger partial charge in [0.25, 0.3) is 0 Å². The number of para-hydroxylation sites is 1. The first-order valence-corrected chi connectivity index (χ1v) is 4.76. The van der Waals surface area contributed by atoms with E-state index in [4.69, 9.17) is 9.47 Å². The average molecular weight is 207 g/mol. The zero-order chi connectivity index (χ0) is 10.7. The van der Waals surface area contributed by atoms with Gasteiger partial charge in [-0.05, 0) is 12.1 Å². The molecule has 0 amide bonds. The molecular weight excluding hydrogens is 194 g/mol. The third kappa shape index (κ3) is 1.80. The van der Waals surface area contributed by atoms with Gasteiger partial charge in [0.1, 0.15) is 0 Å². The molecule has 1 saturated heterocycles. The van der Waals surface area contributed by atoms with Crippen LogP contribution in [0, 0.1) is 0 Å². The number of carbonyl (C=O) groups excluding carboxylic acids is 1. The first kappa shape index (κ1) is 9.98. The summed E-state index contributed by atoms with van der Waals surface area (Å²) >= 11 is 0. The highest BCUT2D eigenvalue weighted by Crippen LogP contribution is 2.24. The maximum atomic E-state index is 11.6. The van der Waals surface area contributed by atoms with Crippen molar-refractivity contribution in [3.05, 3.63) is 30.3 Å². The molecule has 0 aromatic heterocycles. The zero-order valence-electron chi connectivity index (χ0n) is 8.53. The Morgan fingerprint density at radius 3 is 2.53 bits per heavy atom. The number of ether oxygens (including phenoxy) is 2. The van der Waals surface area contributed by atoms with Crippen LogP contribution in [0.25, 0.3) is 0 Å². The second kappa shape index (κ2) is 3.90. The lowest BCUT2D eigenvalue weighted by Gasteiger charge is -2.39. The monoisotopic (exact) mass is 207 g/mol. The normalized spacial score (nSPS) is 17.7. The van der Waals surface area contributed by atoms with Gasteiger partial charge in [-0.15, -0.1) is 0 Å². The number of nitrogens with one attached hydrogen (secondary N) is 1. The lowest BCUT2D eigenvalue weighted by Crippen LogP contribution is -2.62. The summed E-state index contributed by atoms with van der Waals surface area (Å²) in [5.41, 5.74) is 0.196. The molecule has 1 fully saturated rings. The molecule has 0 radical (unpaired) electrons. The quantitative estimate of drug-likeness (QED) is 0.752. The standard InChI is InChI=1S/C11H13NO3/c1-14-10(13)11(7-15-8-11)12-9-5-3-2-4-6-9/h2-6,12H,7-8H2,1H3. The Labute approximate surface area is 88.2 Å². The highest BCUT2D eigenvalue weighted by atomic mass is 16.5. The third-order valence-corrected chi connectivity index (χ3v) is 2.43. The smallest absolute Gasteiger partial charge is 0.336 e. The number of hydrogen-bond acceptors (Lipinski definition) is 4. The number of benzene rings is 1. The molecule has 1 aromatic carbocycles. The van der Waals surface area contributed by atoms with Gasteiger partial charge in [-0.2, -0.15) is 0 Å². The minimum absolute atomic E-state index is 0.280. The van der Waals surface area contributed by atoms with Crippen LogP contribution in [0.15, 0.2) is 30.3 Å². The van der Waals surface area contributed by atoms with Crippen molar-refractivity contribution < 1.29 is 14.3 Å². The largest absolute Gasteiger partial charge is 0.467 e. The van der Waals surface area contributed by atoms with Gasteiger partial charge < -0.3 is 14.8 Å². The Kier molecular flexibility index (Phi) is 2.60. The fraction of sp³-hybridized carbons (Fsp3) is 0.364. The van der Waals surface area contributed by atoms with Crippen LogP contribution in [0.4, 0.5) is 5.69 Å². The maximum Gasteiger partial charge on any atom is 0.336 e. The van der Waals surface area contributed by atoms with Crippen LogP contribution in [-0.2, 0) is 14.3 Å². The van der Waals surface area contributed by atoms with E-state index in [0.717, 1.165) is 5.69 Å². The SMILES string of the molecule is COC(=O)C1(Nc2ccccc2)COC1. The number of carbonyl (C=O) groups is 1. The predicted octanol–water partition coefficient (Wildman–Crippen LogP) is 1.04. The van der Waals surface area contributed by atoms with E-state index in [1.165, 1.54) is 7.11 Å². The number of rotatable bonds is 3. The van der Waals surface area contributed by atoms with Crippen molar-refractivity contribution in [2.24, 2.45) is 0 Å². The van der Waals surface area contributed by atoms with Gasteiger partial charge in [-0.1, -0.05) is 18.2 Å². The Morgan fingerprint density at radius 2 is 2.07 bits per heavy atom. The van der Waals surface area contributed by atoms with Crippen LogP contribution >= 0.6 is 0 Å². The maximum absolute atomic E-state index is 11.6. The van der Waals surface area contributed by atoms with E-state index in [-0.39, 0.29) is 5.97 Å². The first-order valence-electron chi connectivity index (χ1n) is 4.76. The van der Waals surface area contributed by atoms with E-state index in [1.807, 2.05) is 30.3 Å². The summed E-state index contributed by atoms with van der Waals surface area (Å²) in [4.78, 5) is 11.6. The molecule has 2 rings (SSSR count). The fourth-order valence-corrected chi connectivity index (χ4v) is 1.54. The van der Waals surface area contributed by atoms with Crippen molar-refractivity contribution in [3.8, 4) is 0 Å².